The molecule has 5 nitrogen and oxygen atoms in total. The van der Waals surface area contributed by atoms with Crippen molar-refractivity contribution < 1.29 is 9.47 Å². The number of hydrogen-bond acceptors (Lipinski definition) is 7. The Bertz CT molecular complexity index is 2090. The van der Waals surface area contributed by atoms with Crippen molar-refractivity contribution in [2.75, 3.05) is 28.9 Å². The second kappa shape index (κ2) is 11.7. The van der Waals surface area contributed by atoms with E-state index < -0.39 is 0 Å². The molecular formula is C40H30BN3O2S2. The third kappa shape index (κ3) is 4.52. The van der Waals surface area contributed by atoms with Crippen LogP contribution in [0.5, 0.6) is 10.1 Å². The lowest BCUT2D eigenvalue weighted by Gasteiger charge is -2.42. The second-order valence-corrected chi connectivity index (χ2v) is 13.8. The predicted molar refractivity (Wildman–Crippen MR) is 204 cm³/mol. The Hall–Kier alpha value is -5.44. The van der Waals surface area contributed by atoms with Crippen molar-refractivity contribution in [1.29, 1.82) is 0 Å². The van der Waals surface area contributed by atoms with Crippen molar-refractivity contribution in [3.8, 4) is 10.1 Å². The Morgan fingerprint density at radius 3 is 1.27 bits per heavy atom. The Morgan fingerprint density at radius 1 is 0.479 bits per heavy atom. The highest BCUT2D eigenvalue weighted by Gasteiger charge is 2.46. The van der Waals surface area contributed by atoms with E-state index in [1.54, 1.807) is 36.9 Å². The van der Waals surface area contributed by atoms with E-state index in [-0.39, 0.29) is 6.71 Å². The molecule has 0 bridgehead atoms. The number of benzene rings is 5. The lowest BCUT2D eigenvalue weighted by molar-refractivity contribution is 0.427. The van der Waals surface area contributed by atoms with Crippen molar-refractivity contribution in [3.05, 3.63) is 146 Å². The molecule has 232 valence electrons. The lowest BCUT2D eigenvalue weighted by Crippen LogP contribution is -2.59. The molecular weight excluding hydrogens is 629 g/mol. The van der Waals surface area contributed by atoms with Gasteiger partial charge in [0, 0.05) is 55.8 Å². The molecule has 2 aromatic heterocycles. The van der Waals surface area contributed by atoms with Gasteiger partial charge in [0.15, 0.2) is 10.1 Å². The van der Waals surface area contributed by atoms with Crippen molar-refractivity contribution in [2.24, 2.45) is 0 Å². The predicted octanol–water partition coefficient (Wildman–Crippen LogP) is 9.38. The first-order chi connectivity index (χ1) is 23.7. The number of hydrogen-bond donors (Lipinski definition) is 0. The van der Waals surface area contributed by atoms with Crippen LogP contribution in [0.1, 0.15) is 0 Å². The maximum Gasteiger partial charge on any atom is 0.277 e. The summed E-state index contributed by atoms with van der Waals surface area (Å²) < 4.78 is 14.4. The van der Waals surface area contributed by atoms with Gasteiger partial charge < -0.3 is 24.2 Å². The van der Waals surface area contributed by atoms with Crippen LogP contribution in [-0.2, 0) is 0 Å². The highest BCUT2D eigenvalue weighted by Crippen LogP contribution is 2.50. The van der Waals surface area contributed by atoms with Crippen LogP contribution in [-0.4, -0.2) is 20.9 Å². The summed E-state index contributed by atoms with van der Waals surface area (Å²) in [6.07, 6.45) is 0. The van der Waals surface area contributed by atoms with Gasteiger partial charge in [-0.1, -0.05) is 72.8 Å². The first-order valence-corrected chi connectivity index (χ1v) is 17.5. The number of para-hydroxylation sites is 4. The molecule has 4 heterocycles. The van der Waals surface area contributed by atoms with Gasteiger partial charge in [0.25, 0.3) is 6.71 Å². The quantitative estimate of drug-likeness (QED) is 0.159. The van der Waals surface area contributed by atoms with E-state index in [9.17, 15) is 0 Å². The summed E-state index contributed by atoms with van der Waals surface area (Å²) in [7, 11) is 3.52. The smallest absolute Gasteiger partial charge is 0.277 e. The number of ether oxygens (including phenoxy) is 2. The normalized spacial score (nSPS) is 12.7. The minimum Gasteiger partial charge on any atom is -0.487 e. The Labute approximate surface area is 288 Å². The van der Waals surface area contributed by atoms with Gasteiger partial charge in [0.05, 0.1) is 31.3 Å². The van der Waals surface area contributed by atoms with Gasteiger partial charge in [0.2, 0.25) is 0 Å². The number of fused-ring (bicyclic) bond motifs is 4. The maximum atomic E-state index is 5.93. The van der Waals surface area contributed by atoms with Crippen molar-refractivity contribution in [1.82, 2.24) is 0 Å². The largest absolute Gasteiger partial charge is 0.487 e. The van der Waals surface area contributed by atoms with E-state index in [4.69, 9.17) is 9.47 Å². The van der Waals surface area contributed by atoms with E-state index in [1.165, 1.54) is 15.0 Å². The number of methoxy groups -OCH3 is 2. The summed E-state index contributed by atoms with van der Waals surface area (Å²) in [6, 6.07) is 51.7. The molecule has 0 atom stereocenters. The standard InChI is InChI=1S/C40H30BN3O2S2/c1-45-36-25-34-39(47-36)41-38-32(43(34)29-19-11-5-12-20-29)23-31(42(27-15-7-3-8-16-27)28-17-9-4-10-18-28)24-33(38)44(30-21-13-6-14-22-30)35-26-37(46-2)48-40(35)41/h3-26H,1-2H3. The Balaban J connectivity index is 1.41. The highest BCUT2D eigenvalue weighted by atomic mass is 32.1. The summed E-state index contributed by atoms with van der Waals surface area (Å²) in [5, 5.41) is 1.78. The van der Waals surface area contributed by atoms with Gasteiger partial charge >= 0.3 is 0 Å². The summed E-state index contributed by atoms with van der Waals surface area (Å²) in [5.74, 6) is 0. The first kappa shape index (κ1) is 28.8. The first-order valence-electron chi connectivity index (χ1n) is 15.9. The topological polar surface area (TPSA) is 28.2 Å². The summed E-state index contributed by atoms with van der Waals surface area (Å²) >= 11 is 3.45. The molecule has 2 aliphatic heterocycles. The lowest BCUT2D eigenvalue weighted by atomic mass is 9.39. The SMILES string of the molecule is COc1cc2c(s1)B1c3sc(OC)cc3N(c3ccccc3)c3cc(N(c4ccccc4)c4ccccc4)cc(c31)N2c1ccccc1. The molecule has 2 aliphatic rings. The van der Waals surface area contributed by atoms with Crippen LogP contribution in [0.3, 0.4) is 0 Å². The molecule has 5 aromatic carbocycles. The molecule has 8 heteroatoms. The van der Waals surface area contributed by atoms with Crippen molar-refractivity contribution >= 4 is 95.6 Å². The number of nitrogens with zero attached hydrogens (tertiary/aromatic N) is 3. The third-order valence-corrected chi connectivity index (χ3v) is 11.4. The highest BCUT2D eigenvalue weighted by molar-refractivity contribution is 7.37. The number of rotatable bonds is 7. The summed E-state index contributed by atoms with van der Waals surface area (Å²) in [4.78, 5) is 7.19. The molecule has 48 heavy (non-hydrogen) atoms. The van der Waals surface area contributed by atoms with Crippen molar-refractivity contribution in [2.45, 2.75) is 0 Å². The van der Waals surface area contributed by atoms with E-state index >= 15 is 0 Å². The molecule has 0 unspecified atom stereocenters. The third-order valence-electron chi connectivity index (χ3n) is 9.05. The van der Waals surface area contributed by atoms with Gasteiger partial charge in [0.1, 0.15) is 0 Å². The van der Waals surface area contributed by atoms with Crippen LogP contribution < -0.4 is 39.2 Å². The van der Waals surface area contributed by atoms with Crippen LogP contribution in [0.2, 0.25) is 0 Å². The summed E-state index contributed by atoms with van der Waals surface area (Å²) in [5.41, 5.74) is 11.3. The van der Waals surface area contributed by atoms with E-state index in [0.29, 0.717) is 0 Å². The van der Waals surface area contributed by atoms with Crippen LogP contribution in [0.15, 0.2) is 146 Å². The molecule has 9 rings (SSSR count). The average Bonchev–Trinajstić information content (AvgIpc) is 3.78. The molecule has 0 saturated heterocycles. The molecule has 0 aliphatic carbocycles. The van der Waals surface area contributed by atoms with Crippen LogP contribution in [0.4, 0.5) is 51.2 Å². The fourth-order valence-corrected chi connectivity index (χ4v) is 9.30. The van der Waals surface area contributed by atoms with Crippen molar-refractivity contribution in [3.63, 3.8) is 0 Å². The molecule has 0 N–H and O–H groups in total. The number of anilines is 9. The zero-order chi connectivity index (χ0) is 32.2. The molecule has 0 radical (unpaired) electrons. The Morgan fingerprint density at radius 2 is 0.875 bits per heavy atom. The van der Waals surface area contributed by atoms with Gasteiger partial charge in [-0.05, 0) is 66.1 Å². The van der Waals surface area contributed by atoms with E-state index in [2.05, 4.69) is 160 Å². The van der Waals surface area contributed by atoms with Crippen LogP contribution in [0.25, 0.3) is 0 Å². The van der Waals surface area contributed by atoms with Crippen LogP contribution in [0, 0.1) is 0 Å². The fourth-order valence-electron chi connectivity index (χ4n) is 7.07. The Kier molecular flexibility index (Phi) is 6.99. The second-order valence-electron chi connectivity index (χ2n) is 11.7. The van der Waals surface area contributed by atoms with E-state index in [1.807, 2.05) is 0 Å². The molecule has 7 aromatic rings. The molecule has 0 amide bonds. The molecule has 0 fully saturated rings. The zero-order valence-electron chi connectivity index (χ0n) is 26.4. The minimum atomic E-state index is 0.0127. The number of thiophene rings is 2. The summed E-state index contributed by atoms with van der Waals surface area (Å²) in [6.45, 7) is 0.0127. The van der Waals surface area contributed by atoms with Gasteiger partial charge in [-0.2, -0.15) is 0 Å². The van der Waals surface area contributed by atoms with Gasteiger partial charge in [-0.3, -0.25) is 0 Å². The van der Waals surface area contributed by atoms with Gasteiger partial charge in [-0.25, -0.2) is 0 Å². The minimum absolute atomic E-state index is 0.0127. The fraction of sp³-hybridized carbons (Fsp3) is 0.0500. The molecule has 0 saturated carbocycles. The average molecular weight is 660 g/mol. The van der Waals surface area contributed by atoms with Crippen LogP contribution >= 0.6 is 22.7 Å². The van der Waals surface area contributed by atoms with Gasteiger partial charge in [-0.15, -0.1) is 22.7 Å². The maximum absolute atomic E-state index is 5.93. The zero-order valence-corrected chi connectivity index (χ0v) is 28.0. The van der Waals surface area contributed by atoms with E-state index in [0.717, 1.165) is 61.3 Å². The monoisotopic (exact) mass is 659 g/mol. The molecule has 0 spiro atoms.